The summed E-state index contributed by atoms with van der Waals surface area (Å²) in [5.41, 5.74) is 0.711. The average molecular weight is 332 g/mol. The van der Waals surface area contributed by atoms with Crippen molar-refractivity contribution in [3.63, 3.8) is 0 Å². The van der Waals surface area contributed by atoms with Crippen LogP contribution in [0.3, 0.4) is 0 Å². The average Bonchev–Trinajstić information content (AvgIpc) is 2.68. The molecular weight excluding hydrogens is 308 g/mol. The topological polar surface area (TPSA) is 67.9 Å². The molecule has 1 atom stereocenters. The Morgan fingerprint density at radius 2 is 1.92 bits per heavy atom. The van der Waals surface area contributed by atoms with E-state index >= 15 is 0 Å². The summed E-state index contributed by atoms with van der Waals surface area (Å²) in [4.78, 5) is 26.9. The minimum Gasteiger partial charge on any atom is -0.497 e. The molecule has 2 fully saturated rings. The van der Waals surface area contributed by atoms with Crippen LogP contribution < -0.4 is 10.1 Å². The summed E-state index contributed by atoms with van der Waals surface area (Å²) >= 11 is 0. The Morgan fingerprint density at radius 1 is 1.21 bits per heavy atom. The van der Waals surface area contributed by atoms with Crippen LogP contribution in [-0.4, -0.2) is 62.6 Å². The van der Waals surface area contributed by atoms with E-state index in [1.165, 1.54) is 0 Å². The Kier molecular flexibility index (Phi) is 5.48. The minimum absolute atomic E-state index is 0.0157. The highest BCUT2D eigenvalue weighted by Crippen LogP contribution is 2.23. The van der Waals surface area contributed by atoms with Crippen molar-refractivity contribution in [2.24, 2.45) is 5.92 Å². The smallest absolute Gasteiger partial charge is 0.242 e. The van der Waals surface area contributed by atoms with Crippen molar-refractivity contribution < 1.29 is 19.1 Å². The highest BCUT2D eigenvalue weighted by atomic mass is 16.5. The number of ketones is 1. The van der Waals surface area contributed by atoms with Gasteiger partial charge in [-0.2, -0.15) is 0 Å². The van der Waals surface area contributed by atoms with Crippen LogP contribution in [0.5, 0.6) is 5.75 Å². The Morgan fingerprint density at radius 3 is 2.50 bits per heavy atom. The van der Waals surface area contributed by atoms with Gasteiger partial charge in [-0.25, -0.2) is 0 Å². The summed E-state index contributed by atoms with van der Waals surface area (Å²) < 4.78 is 10.5. The number of benzene rings is 1. The summed E-state index contributed by atoms with van der Waals surface area (Å²) in [6.45, 7) is 3.06. The number of carbonyl (C=O) groups is 2. The first-order chi connectivity index (χ1) is 11.7. The molecule has 24 heavy (non-hydrogen) atoms. The van der Waals surface area contributed by atoms with Crippen molar-refractivity contribution in [3.05, 3.63) is 29.8 Å². The Bertz CT molecular complexity index is 573. The SMILES string of the molecule is COc1ccc(C(=O)C2CCN(C(=O)C3COCCN3)CC2)cc1. The molecule has 2 aliphatic rings. The lowest BCUT2D eigenvalue weighted by molar-refractivity contribution is -0.137. The molecule has 130 valence electrons. The molecular formula is C18H24N2O4. The first-order valence-corrected chi connectivity index (χ1v) is 8.47. The maximum Gasteiger partial charge on any atom is 0.242 e. The van der Waals surface area contributed by atoms with Gasteiger partial charge in [0.15, 0.2) is 5.78 Å². The number of morpholine rings is 1. The summed E-state index contributed by atoms with van der Waals surface area (Å²) in [7, 11) is 1.61. The van der Waals surface area contributed by atoms with E-state index in [-0.39, 0.29) is 23.7 Å². The summed E-state index contributed by atoms with van der Waals surface area (Å²) in [6, 6.07) is 6.98. The molecule has 1 N–H and O–H groups in total. The van der Waals surface area contributed by atoms with Gasteiger partial charge in [-0.3, -0.25) is 9.59 Å². The van der Waals surface area contributed by atoms with E-state index in [1.807, 2.05) is 17.0 Å². The van der Waals surface area contributed by atoms with E-state index in [1.54, 1.807) is 19.2 Å². The molecule has 1 amide bonds. The monoisotopic (exact) mass is 332 g/mol. The Labute approximate surface area is 142 Å². The second kappa shape index (κ2) is 7.77. The third-order valence-electron chi connectivity index (χ3n) is 4.77. The number of piperidine rings is 1. The predicted octanol–water partition coefficient (Wildman–Crippen LogP) is 1.10. The van der Waals surface area contributed by atoms with Crippen LogP contribution in [0.15, 0.2) is 24.3 Å². The summed E-state index contributed by atoms with van der Waals surface area (Å²) in [5.74, 6) is 0.973. The van der Waals surface area contributed by atoms with Crippen molar-refractivity contribution in [1.82, 2.24) is 10.2 Å². The molecule has 0 aromatic heterocycles. The van der Waals surface area contributed by atoms with E-state index in [0.717, 1.165) is 5.75 Å². The highest BCUT2D eigenvalue weighted by molar-refractivity contribution is 5.98. The van der Waals surface area contributed by atoms with E-state index in [2.05, 4.69) is 5.32 Å². The minimum atomic E-state index is -0.243. The molecule has 0 radical (unpaired) electrons. The number of likely N-dealkylation sites (tertiary alicyclic amines) is 1. The largest absolute Gasteiger partial charge is 0.497 e. The van der Waals surface area contributed by atoms with Gasteiger partial charge in [-0.15, -0.1) is 0 Å². The second-order valence-corrected chi connectivity index (χ2v) is 6.27. The van der Waals surface area contributed by atoms with Crippen molar-refractivity contribution in [2.45, 2.75) is 18.9 Å². The van der Waals surface area contributed by atoms with Gasteiger partial charge in [0.05, 0.1) is 20.3 Å². The molecule has 6 heteroatoms. The molecule has 6 nitrogen and oxygen atoms in total. The molecule has 1 aromatic rings. The van der Waals surface area contributed by atoms with Crippen molar-refractivity contribution in [3.8, 4) is 5.75 Å². The van der Waals surface area contributed by atoms with Crippen LogP contribution in [0, 0.1) is 5.92 Å². The van der Waals surface area contributed by atoms with Crippen LogP contribution in [0.1, 0.15) is 23.2 Å². The lowest BCUT2D eigenvalue weighted by Gasteiger charge is -2.35. The molecule has 2 aliphatic heterocycles. The van der Waals surface area contributed by atoms with Gasteiger partial charge in [0.2, 0.25) is 5.91 Å². The third kappa shape index (κ3) is 3.76. The van der Waals surface area contributed by atoms with Crippen LogP contribution >= 0.6 is 0 Å². The van der Waals surface area contributed by atoms with Crippen molar-refractivity contribution in [2.75, 3.05) is 40.0 Å². The van der Waals surface area contributed by atoms with Crippen molar-refractivity contribution >= 4 is 11.7 Å². The predicted molar refractivity (Wildman–Crippen MR) is 89.2 cm³/mol. The van der Waals surface area contributed by atoms with Gasteiger partial charge in [-0.1, -0.05) is 0 Å². The number of rotatable bonds is 4. The lowest BCUT2D eigenvalue weighted by atomic mass is 9.88. The molecule has 3 rings (SSSR count). The second-order valence-electron chi connectivity index (χ2n) is 6.27. The van der Waals surface area contributed by atoms with E-state index in [9.17, 15) is 9.59 Å². The molecule has 1 aromatic carbocycles. The first-order valence-electron chi connectivity index (χ1n) is 8.47. The molecule has 0 bridgehead atoms. The van der Waals surface area contributed by atoms with E-state index in [4.69, 9.17) is 9.47 Å². The molecule has 2 saturated heterocycles. The highest BCUT2D eigenvalue weighted by Gasteiger charge is 2.31. The first kappa shape index (κ1) is 16.9. The van der Waals surface area contributed by atoms with Gasteiger partial charge in [0.25, 0.3) is 0 Å². The zero-order chi connectivity index (χ0) is 16.9. The zero-order valence-corrected chi connectivity index (χ0v) is 14.0. The normalized spacial score (nSPS) is 22.2. The summed E-state index contributed by atoms with van der Waals surface area (Å²) in [5, 5.41) is 3.19. The van der Waals surface area contributed by atoms with Crippen LogP contribution in [0.4, 0.5) is 0 Å². The zero-order valence-electron chi connectivity index (χ0n) is 14.0. The number of hydrogen-bond acceptors (Lipinski definition) is 5. The number of methoxy groups -OCH3 is 1. The number of carbonyl (C=O) groups excluding carboxylic acids is 2. The number of ether oxygens (including phenoxy) is 2. The molecule has 1 unspecified atom stereocenters. The van der Waals surface area contributed by atoms with Crippen molar-refractivity contribution in [1.29, 1.82) is 0 Å². The maximum atomic E-state index is 12.6. The number of nitrogens with zero attached hydrogens (tertiary/aromatic N) is 1. The number of Topliss-reactive ketones (excluding diaryl/α,β-unsaturated/α-hetero) is 1. The number of amides is 1. The van der Waals surface area contributed by atoms with Gasteiger partial charge in [0.1, 0.15) is 11.8 Å². The lowest BCUT2D eigenvalue weighted by Crippen LogP contribution is -2.54. The fourth-order valence-electron chi connectivity index (χ4n) is 3.30. The molecule has 0 saturated carbocycles. The van der Waals surface area contributed by atoms with Gasteiger partial charge in [0, 0.05) is 31.1 Å². The van der Waals surface area contributed by atoms with E-state index < -0.39 is 0 Å². The Hall–Kier alpha value is -1.92. The molecule has 2 heterocycles. The molecule has 0 aliphatic carbocycles. The molecule has 0 spiro atoms. The Balaban J connectivity index is 1.54. The fourth-order valence-corrected chi connectivity index (χ4v) is 3.30. The quantitative estimate of drug-likeness (QED) is 0.837. The maximum absolute atomic E-state index is 12.6. The van der Waals surface area contributed by atoms with Crippen LogP contribution in [0.25, 0.3) is 0 Å². The van der Waals surface area contributed by atoms with E-state index in [0.29, 0.717) is 51.3 Å². The summed E-state index contributed by atoms with van der Waals surface area (Å²) in [6.07, 6.45) is 1.42. The third-order valence-corrected chi connectivity index (χ3v) is 4.77. The van der Waals surface area contributed by atoms with Crippen LogP contribution in [0.2, 0.25) is 0 Å². The van der Waals surface area contributed by atoms with Gasteiger partial charge in [-0.05, 0) is 37.1 Å². The van der Waals surface area contributed by atoms with Gasteiger partial charge < -0.3 is 19.7 Å². The van der Waals surface area contributed by atoms with Crippen LogP contribution in [-0.2, 0) is 9.53 Å². The number of hydrogen-bond donors (Lipinski definition) is 1. The fraction of sp³-hybridized carbons (Fsp3) is 0.556. The van der Waals surface area contributed by atoms with Gasteiger partial charge >= 0.3 is 0 Å². The standard InChI is InChI=1S/C18H24N2O4/c1-23-15-4-2-13(3-5-15)17(21)14-6-9-20(10-7-14)18(22)16-12-24-11-8-19-16/h2-5,14,16,19H,6-12H2,1H3. The number of nitrogens with one attached hydrogen (secondary N) is 1.